The van der Waals surface area contributed by atoms with Gasteiger partial charge in [-0.2, -0.15) is 0 Å². The van der Waals surface area contributed by atoms with Gasteiger partial charge in [0.25, 0.3) is 0 Å². The van der Waals surface area contributed by atoms with Gasteiger partial charge in [-0.05, 0) is 43.9 Å². The number of fused-ring (bicyclic) bond motifs is 3. The van der Waals surface area contributed by atoms with E-state index in [9.17, 15) is 0 Å². The number of nitrogen functional groups attached to an aromatic ring is 1. The highest BCUT2D eigenvalue weighted by Gasteiger charge is 2.42. The molecule has 4 heteroatoms. The zero-order chi connectivity index (χ0) is 12.3. The van der Waals surface area contributed by atoms with Crippen LogP contribution in [0.5, 0.6) is 0 Å². The maximum absolute atomic E-state index is 6.11. The van der Waals surface area contributed by atoms with Crippen LogP contribution in [0.3, 0.4) is 0 Å². The lowest BCUT2D eigenvalue weighted by atomic mass is 9.95. The van der Waals surface area contributed by atoms with Crippen LogP contribution >= 0.6 is 0 Å². The highest BCUT2D eigenvalue weighted by Crippen LogP contribution is 2.43. The number of ether oxygens (including phenoxy) is 1. The molecule has 2 saturated heterocycles. The molecule has 1 aromatic carbocycles. The summed E-state index contributed by atoms with van der Waals surface area (Å²) < 4.78 is 8.11. The van der Waals surface area contributed by atoms with E-state index in [-0.39, 0.29) is 0 Å². The molecule has 0 aliphatic carbocycles. The van der Waals surface area contributed by atoms with Gasteiger partial charge in [-0.25, -0.2) is 4.98 Å². The van der Waals surface area contributed by atoms with Gasteiger partial charge in [-0.1, -0.05) is 6.07 Å². The van der Waals surface area contributed by atoms with E-state index in [0.29, 0.717) is 24.2 Å². The third kappa shape index (κ3) is 1.32. The molecule has 0 spiro atoms. The first-order valence-electron chi connectivity index (χ1n) is 6.62. The zero-order valence-corrected chi connectivity index (χ0v) is 10.5. The summed E-state index contributed by atoms with van der Waals surface area (Å²) in [5.41, 5.74) is 9.46. The molecule has 4 rings (SSSR count). The van der Waals surface area contributed by atoms with Crippen molar-refractivity contribution in [3.05, 3.63) is 23.8 Å². The monoisotopic (exact) mass is 243 g/mol. The number of aryl methyl sites for hydroxylation is 1. The van der Waals surface area contributed by atoms with Gasteiger partial charge in [-0.15, -0.1) is 0 Å². The van der Waals surface area contributed by atoms with Crippen LogP contribution in [0.2, 0.25) is 0 Å². The quantitative estimate of drug-likeness (QED) is 0.836. The molecule has 2 fully saturated rings. The Morgan fingerprint density at radius 3 is 3.00 bits per heavy atom. The van der Waals surface area contributed by atoms with Crippen molar-refractivity contribution in [2.75, 3.05) is 5.73 Å². The van der Waals surface area contributed by atoms with Gasteiger partial charge >= 0.3 is 0 Å². The number of nitrogens with zero attached hydrogens (tertiary/aromatic N) is 2. The minimum absolute atomic E-state index is 0.330. The Morgan fingerprint density at radius 2 is 2.28 bits per heavy atom. The second-order valence-corrected chi connectivity index (χ2v) is 5.51. The first-order chi connectivity index (χ1) is 8.72. The summed E-state index contributed by atoms with van der Waals surface area (Å²) in [7, 11) is 0. The van der Waals surface area contributed by atoms with Gasteiger partial charge in [0, 0.05) is 0 Å². The number of hydrogen-bond acceptors (Lipinski definition) is 3. The minimum Gasteiger partial charge on any atom is -0.373 e. The third-order valence-corrected chi connectivity index (χ3v) is 4.28. The summed E-state index contributed by atoms with van der Waals surface area (Å²) in [6, 6.07) is 6.71. The van der Waals surface area contributed by atoms with E-state index in [4.69, 9.17) is 10.5 Å². The molecule has 3 heterocycles. The number of hydrogen-bond donors (Lipinski definition) is 1. The molecular formula is C14H17N3O. The molecular weight excluding hydrogens is 226 g/mol. The Labute approximate surface area is 106 Å². The first kappa shape index (κ1) is 10.4. The number of benzene rings is 1. The standard InChI is InChI=1S/C14H17N3O/c1-8-2-4-11-10(6-8)16-14(15)17(11)12-7-9-3-5-13(12)18-9/h2,4,6,9,12-13H,3,5,7H2,1H3,(H2,15,16). The fourth-order valence-electron chi connectivity index (χ4n) is 3.46. The molecule has 18 heavy (non-hydrogen) atoms. The minimum atomic E-state index is 0.330. The Kier molecular flexibility index (Phi) is 2.01. The summed E-state index contributed by atoms with van der Waals surface area (Å²) in [4.78, 5) is 4.49. The van der Waals surface area contributed by atoms with Gasteiger partial charge in [0.05, 0.1) is 29.3 Å². The van der Waals surface area contributed by atoms with Crippen LogP contribution in [0.15, 0.2) is 18.2 Å². The van der Waals surface area contributed by atoms with E-state index in [0.717, 1.165) is 23.9 Å². The molecule has 4 nitrogen and oxygen atoms in total. The number of rotatable bonds is 1. The van der Waals surface area contributed by atoms with Crippen LogP contribution < -0.4 is 5.73 Å². The largest absolute Gasteiger partial charge is 0.373 e. The van der Waals surface area contributed by atoms with Gasteiger partial charge < -0.3 is 15.0 Å². The molecule has 0 saturated carbocycles. The zero-order valence-electron chi connectivity index (χ0n) is 10.5. The molecule has 3 atom stereocenters. The second kappa shape index (κ2) is 3.48. The molecule has 0 radical (unpaired) electrons. The van der Waals surface area contributed by atoms with Crippen LogP contribution in [-0.2, 0) is 4.74 Å². The normalized spacial score (nSPS) is 30.4. The fraction of sp³-hybridized carbons (Fsp3) is 0.500. The average molecular weight is 243 g/mol. The molecule has 2 aliphatic rings. The van der Waals surface area contributed by atoms with Crippen LogP contribution in [0.25, 0.3) is 11.0 Å². The van der Waals surface area contributed by atoms with E-state index in [2.05, 4.69) is 34.7 Å². The SMILES string of the molecule is Cc1ccc2c(c1)nc(N)n2C1CC2CCC1O2. The molecule has 2 aliphatic heterocycles. The maximum atomic E-state index is 6.11. The predicted octanol–water partition coefficient (Wildman–Crippen LogP) is 2.42. The highest BCUT2D eigenvalue weighted by atomic mass is 16.5. The van der Waals surface area contributed by atoms with Crippen LogP contribution in [0.1, 0.15) is 30.9 Å². The maximum Gasteiger partial charge on any atom is 0.201 e. The lowest BCUT2D eigenvalue weighted by Gasteiger charge is -2.22. The molecule has 3 unspecified atom stereocenters. The van der Waals surface area contributed by atoms with Gasteiger partial charge in [0.15, 0.2) is 0 Å². The van der Waals surface area contributed by atoms with Gasteiger partial charge in [0.2, 0.25) is 5.95 Å². The van der Waals surface area contributed by atoms with Crippen molar-refractivity contribution < 1.29 is 4.74 Å². The van der Waals surface area contributed by atoms with E-state index < -0.39 is 0 Å². The molecule has 1 aromatic heterocycles. The van der Waals surface area contributed by atoms with Crippen molar-refractivity contribution >= 4 is 17.0 Å². The summed E-state index contributed by atoms with van der Waals surface area (Å²) in [5, 5.41) is 0. The van der Waals surface area contributed by atoms with Crippen molar-refractivity contribution in [3.63, 3.8) is 0 Å². The Hall–Kier alpha value is -1.55. The number of imidazole rings is 1. The van der Waals surface area contributed by atoms with Gasteiger partial charge in [-0.3, -0.25) is 0 Å². The third-order valence-electron chi connectivity index (χ3n) is 4.28. The van der Waals surface area contributed by atoms with Crippen molar-refractivity contribution in [2.45, 2.75) is 44.4 Å². The lowest BCUT2D eigenvalue weighted by Crippen LogP contribution is -2.22. The van der Waals surface area contributed by atoms with Crippen molar-refractivity contribution in [1.29, 1.82) is 0 Å². The van der Waals surface area contributed by atoms with Crippen LogP contribution in [0.4, 0.5) is 5.95 Å². The summed E-state index contributed by atoms with van der Waals surface area (Å²) in [6.45, 7) is 2.08. The summed E-state index contributed by atoms with van der Waals surface area (Å²) >= 11 is 0. The smallest absolute Gasteiger partial charge is 0.201 e. The second-order valence-electron chi connectivity index (χ2n) is 5.51. The summed E-state index contributed by atoms with van der Waals surface area (Å²) in [6.07, 6.45) is 4.19. The molecule has 0 amide bonds. The first-order valence-corrected chi connectivity index (χ1v) is 6.62. The molecule has 2 bridgehead atoms. The van der Waals surface area contributed by atoms with Gasteiger partial charge in [0.1, 0.15) is 0 Å². The Bertz CT molecular complexity index is 619. The number of nitrogens with two attached hydrogens (primary N) is 1. The molecule has 2 N–H and O–H groups in total. The van der Waals surface area contributed by atoms with Crippen molar-refractivity contribution in [2.24, 2.45) is 0 Å². The summed E-state index contributed by atoms with van der Waals surface area (Å²) in [5.74, 6) is 0.622. The molecule has 94 valence electrons. The van der Waals surface area contributed by atoms with Crippen LogP contribution in [-0.4, -0.2) is 21.8 Å². The number of anilines is 1. The van der Waals surface area contributed by atoms with E-state index in [1.807, 2.05) is 0 Å². The highest BCUT2D eigenvalue weighted by molar-refractivity contribution is 5.79. The van der Waals surface area contributed by atoms with Crippen molar-refractivity contribution in [1.82, 2.24) is 9.55 Å². The number of aromatic nitrogens is 2. The van der Waals surface area contributed by atoms with Crippen LogP contribution in [0, 0.1) is 6.92 Å². The predicted molar refractivity (Wildman–Crippen MR) is 70.4 cm³/mol. The van der Waals surface area contributed by atoms with E-state index in [1.165, 1.54) is 12.0 Å². The van der Waals surface area contributed by atoms with E-state index >= 15 is 0 Å². The van der Waals surface area contributed by atoms with Crippen molar-refractivity contribution in [3.8, 4) is 0 Å². The fourth-order valence-corrected chi connectivity index (χ4v) is 3.46. The Balaban J connectivity index is 1.87. The Morgan fingerprint density at radius 1 is 1.39 bits per heavy atom. The average Bonchev–Trinajstić information content (AvgIpc) is 3.00. The lowest BCUT2D eigenvalue weighted by molar-refractivity contribution is 0.0945. The molecule has 2 aromatic rings. The van der Waals surface area contributed by atoms with E-state index in [1.54, 1.807) is 0 Å². The topological polar surface area (TPSA) is 53.1 Å².